The number of rotatable bonds is 6. The Morgan fingerprint density at radius 2 is 2.21 bits per heavy atom. The van der Waals surface area contributed by atoms with Gasteiger partial charge in [0.2, 0.25) is 0 Å². The summed E-state index contributed by atoms with van der Waals surface area (Å²) in [5.74, 6) is 0.765. The van der Waals surface area contributed by atoms with E-state index in [2.05, 4.69) is 6.92 Å². The molecule has 1 aliphatic carbocycles. The molecule has 1 fully saturated rings. The van der Waals surface area contributed by atoms with Gasteiger partial charge in [-0.15, -0.1) is 0 Å². The van der Waals surface area contributed by atoms with Crippen LogP contribution in [0, 0.1) is 5.92 Å². The minimum Gasteiger partial charge on any atom is -0.385 e. The molecular formula is C11H23NO2. The Kier molecular flexibility index (Phi) is 4.85. The first-order valence-electron chi connectivity index (χ1n) is 5.55. The first-order valence-corrected chi connectivity index (χ1v) is 5.55. The molecule has 0 radical (unpaired) electrons. The summed E-state index contributed by atoms with van der Waals surface area (Å²) in [5, 5.41) is 0. The zero-order chi connectivity index (χ0) is 10.4. The lowest BCUT2D eigenvalue weighted by Gasteiger charge is -2.28. The highest BCUT2D eigenvalue weighted by Crippen LogP contribution is 2.36. The Hall–Kier alpha value is -0.120. The van der Waals surface area contributed by atoms with Gasteiger partial charge >= 0.3 is 0 Å². The van der Waals surface area contributed by atoms with Gasteiger partial charge in [0.1, 0.15) is 0 Å². The Balaban J connectivity index is 2.24. The molecule has 0 amide bonds. The van der Waals surface area contributed by atoms with Crippen molar-refractivity contribution in [3.63, 3.8) is 0 Å². The van der Waals surface area contributed by atoms with Crippen molar-refractivity contribution in [3.8, 4) is 0 Å². The van der Waals surface area contributed by atoms with Gasteiger partial charge in [-0.3, -0.25) is 0 Å². The molecule has 0 aliphatic heterocycles. The maximum absolute atomic E-state index is 5.91. The smallest absolute Gasteiger partial charge is 0.0806 e. The highest BCUT2D eigenvalue weighted by molar-refractivity contribution is 4.90. The first-order chi connectivity index (χ1) is 6.72. The van der Waals surface area contributed by atoms with E-state index >= 15 is 0 Å². The van der Waals surface area contributed by atoms with Crippen molar-refractivity contribution >= 4 is 0 Å². The second kappa shape index (κ2) is 5.69. The van der Waals surface area contributed by atoms with Gasteiger partial charge in [-0.1, -0.05) is 6.92 Å². The minimum atomic E-state index is -0.0207. The van der Waals surface area contributed by atoms with Crippen molar-refractivity contribution < 1.29 is 9.47 Å². The quantitative estimate of drug-likeness (QED) is 0.663. The summed E-state index contributed by atoms with van der Waals surface area (Å²) in [5.41, 5.74) is 5.77. The van der Waals surface area contributed by atoms with E-state index in [1.165, 1.54) is 6.42 Å². The largest absolute Gasteiger partial charge is 0.385 e. The van der Waals surface area contributed by atoms with E-state index in [4.69, 9.17) is 15.2 Å². The van der Waals surface area contributed by atoms with Crippen molar-refractivity contribution in [2.45, 2.75) is 38.2 Å². The van der Waals surface area contributed by atoms with Gasteiger partial charge in [0.25, 0.3) is 0 Å². The maximum atomic E-state index is 5.91. The van der Waals surface area contributed by atoms with Gasteiger partial charge in [0, 0.05) is 26.9 Å². The lowest BCUT2D eigenvalue weighted by atomic mass is 10.0. The van der Waals surface area contributed by atoms with Gasteiger partial charge in [0.05, 0.1) is 5.60 Å². The Labute approximate surface area is 86.9 Å². The van der Waals surface area contributed by atoms with Crippen LogP contribution in [0.5, 0.6) is 0 Å². The van der Waals surface area contributed by atoms with Crippen LogP contribution in [0.4, 0.5) is 0 Å². The van der Waals surface area contributed by atoms with Crippen molar-refractivity contribution in [1.29, 1.82) is 0 Å². The second-order valence-electron chi connectivity index (χ2n) is 4.43. The van der Waals surface area contributed by atoms with Gasteiger partial charge < -0.3 is 15.2 Å². The SMILES string of the molecule is COCCCOC1(CN)CCC(C)C1. The van der Waals surface area contributed by atoms with Crippen LogP contribution in [0.25, 0.3) is 0 Å². The number of hydrogen-bond acceptors (Lipinski definition) is 3. The zero-order valence-electron chi connectivity index (χ0n) is 9.42. The van der Waals surface area contributed by atoms with Crippen LogP contribution in [-0.2, 0) is 9.47 Å². The summed E-state index contributed by atoms with van der Waals surface area (Å²) in [6.07, 6.45) is 4.46. The van der Waals surface area contributed by atoms with E-state index in [0.29, 0.717) is 6.54 Å². The molecule has 0 aromatic heterocycles. The van der Waals surface area contributed by atoms with E-state index in [-0.39, 0.29) is 5.60 Å². The van der Waals surface area contributed by atoms with E-state index in [1.807, 2.05) is 0 Å². The fourth-order valence-electron chi connectivity index (χ4n) is 2.22. The topological polar surface area (TPSA) is 44.5 Å². The van der Waals surface area contributed by atoms with Crippen molar-refractivity contribution in [1.82, 2.24) is 0 Å². The lowest BCUT2D eigenvalue weighted by molar-refractivity contribution is -0.0418. The molecule has 1 aliphatic rings. The molecule has 0 saturated heterocycles. The van der Waals surface area contributed by atoms with E-state index in [1.54, 1.807) is 7.11 Å². The molecule has 2 unspecified atom stereocenters. The summed E-state index contributed by atoms with van der Waals surface area (Å²) in [6, 6.07) is 0. The van der Waals surface area contributed by atoms with Crippen LogP contribution >= 0.6 is 0 Å². The second-order valence-corrected chi connectivity index (χ2v) is 4.43. The van der Waals surface area contributed by atoms with Crippen LogP contribution in [0.1, 0.15) is 32.6 Å². The van der Waals surface area contributed by atoms with Gasteiger partial charge in [0.15, 0.2) is 0 Å². The Morgan fingerprint density at radius 3 is 2.71 bits per heavy atom. The standard InChI is InChI=1S/C11H23NO2/c1-10-4-5-11(8-10,9-12)14-7-3-6-13-2/h10H,3-9,12H2,1-2H3. The van der Waals surface area contributed by atoms with E-state index < -0.39 is 0 Å². The van der Waals surface area contributed by atoms with Gasteiger partial charge in [-0.05, 0) is 31.6 Å². The molecular weight excluding hydrogens is 178 g/mol. The molecule has 14 heavy (non-hydrogen) atoms. The lowest BCUT2D eigenvalue weighted by Crippen LogP contribution is -2.38. The molecule has 0 bridgehead atoms. The highest BCUT2D eigenvalue weighted by Gasteiger charge is 2.36. The third kappa shape index (κ3) is 3.23. The maximum Gasteiger partial charge on any atom is 0.0806 e. The molecule has 3 heteroatoms. The predicted octanol–water partition coefficient (Wildman–Crippen LogP) is 1.56. The fourth-order valence-corrected chi connectivity index (χ4v) is 2.22. The van der Waals surface area contributed by atoms with Crippen molar-refractivity contribution in [2.24, 2.45) is 11.7 Å². The Bertz CT molecular complexity index is 163. The summed E-state index contributed by atoms with van der Waals surface area (Å²) in [6.45, 7) is 4.48. The summed E-state index contributed by atoms with van der Waals surface area (Å²) in [4.78, 5) is 0. The minimum absolute atomic E-state index is 0.0207. The molecule has 2 N–H and O–H groups in total. The third-order valence-corrected chi connectivity index (χ3v) is 3.09. The van der Waals surface area contributed by atoms with Crippen LogP contribution in [-0.4, -0.2) is 32.5 Å². The molecule has 84 valence electrons. The Morgan fingerprint density at radius 1 is 1.43 bits per heavy atom. The molecule has 0 aromatic carbocycles. The first kappa shape index (κ1) is 12.0. The van der Waals surface area contributed by atoms with Crippen LogP contribution in [0.15, 0.2) is 0 Å². The van der Waals surface area contributed by atoms with Crippen LogP contribution < -0.4 is 5.73 Å². The highest BCUT2D eigenvalue weighted by atomic mass is 16.5. The van der Waals surface area contributed by atoms with E-state index in [0.717, 1.165) is 38.4 Å². The van der Waals surface area contributed by atoms with Crippen LogP contribution in [0.3, 0.4) is 0 Å². The average Bonchev–Trinajstić information content (AvgIpc) is 2.56. The predicted molar refractivity (Wildman–Crippen MR) is 57.2 cm³/mol. The average molecular weight is 201 g/mol. The molecule has 1 saturated carbocycles. The van der Waals surface area contributed by atoms with Gasteiger partial charge in [-0.25, -0.2) is 0 Å². The molecule has 0 heterocycles. The molecule has 0 spiro atoms. The number of nitrogens with two attached hydrogens (primary N) is 1. The number of hydrogen-bond donors (Lipinski definition) is 1. The van der Waals surface area contributed by atoms with E-state index in [9.17, 15) is 0 Å². The van der Waals surface area contributed by atoms with Crippen molar-refractivity contribution in [2.75, 3.05) is 26.9 Å². The summed E-state index contributed by atoms with van der Waals surface area (Å²) >= 11 is 0. The zero-order valence-corrected chi connectivity index (χ0v) is 9.42. The summed E-state index contributed by atoms with van der Waals surface area (Å²) < 4.78 is 10.9. The van der Waals surface area contributed by atoms with Crippen molar-refractivity contribution in [3.05, 3.63) is 0 Å². The van der Waals surface area contributed by atoms with Gasteiger partial charge in [-0.2, -0.15) is 0 Å². The fraction of sp³-hybridized carbons (Fsp3) is 1.00. The molecule has 1 rings (SSSR count). The molecule has 0 aromatic rings. The normalized spacial score (nSPS) is 32.4. The molecule has 3 nitrogen and oxygen atoms in total. The monoisotopic (exact) mass is 201 g/mol. The number of ether oxygens (including phenoxy) is 2. The molecule has 2 atom stereocenters. The third-order valence-electron chi connectivity index (χ3n) is 3.09. The summed E-state index contributed by atoms with van der Waals surface area (Å²) in [7, 11) is 1.72. The number of methoxy groups -OCH3 is 1. The van der Waals surface area contributed by atoms with Crippen LogP contribution in [0.2, 0.25) is 0 Å².